The summed E-state index contributed by atoms with van der Waals surface area (Å²) >= 11 is 3.53. The Bertz CT molecular complexity index is 826. The Hall–Kier alpha value is -2.14. The number of carbonyl (C=O) groups is 1. The molecule has 0 saturated carbocycles. The molecular weight excluding hydrogens is 344 g/mol. The van der Waals surface area contributed by atoms with Crippen LogP contribution in [0.1, 0.15) is 15.9 Å². The first-order valence-electron chi connectivity index (χ1n) is 6.96. The van der Waals surface area contributed by atoms with Crippen molar-refractivity contribution < 1.29 is 9.53 Å². The average molecular weight is 359 g/mol. The molecule has 1 heterocycles. The predicted molar refractivity (Wildman–Crippen MR) is 88.9 cm³/mol. The van der Waals surface area contributed by atoms with Crippen molar-refractivity contribution in [2.24, 2.45) is 0 Å². The second kappa shape index (κ2) is 6.32. The molecule has 1 aromatic heterocycles. The number of hydrogen-bond donors (Lipinski definition) is 0. The number of fused-ring (bicyclic) bond motifs is 1. The monoisotopic (exact) mass is 358 g/mol. The quantitative estimate of drug-likeness (QED) is 0.665. The molecule has 0 aliphatic rings. The van der Waals surface area contributed by atoms with E-state index in [1.54, 1.807) is 6.07 Å². The summed E-state index contributed by atoms with van der Waals surface area (Å²) in [7, 11) is 1.39. The zero-order valence-electron chi connectivity index (χ0n) is 12.1. The van der Waals surface area contributed by atoms with Gasteiger partial charge in [0.1, 0.15) is 0 Å². The summed E-state index contributed by atoms with van der Waals surface area (Å²) in [6, 6.07) is 13.5. The van der Waals surface area contributed by atoms with Crippen LogP contribution in [-0.4, -0.2) is 22.9 Å². The molecule has 0 bridgehead atoms. The molecule has 4 nitrogen and oxygen atoms in total. The Morgan fingerprint density at radius 3 is 2.86 bits per heavy atom. The highest BCUT2D eigenvalue weighted by atomic mass is 79.9. The summed E-state index contributed by atoms with van der Waals surface area (Å²) in [5.74, 6) is -0.310. The van der Waals surface area contributed by atoms with Crippen molar-refractivity contribution in [2.75, 3.05) is 7.11 Å². The molecule has 3 aromatic rings. The molecule has 0 aliphatic heterocycles. The van der Waals surface area contributed by atoms with E-state index in [1.807, 2.05) is 47.3 Å². The number of aryl methyl sites for hydroxylation is 2. The average Bonchev–Trinajstić information content (AvgIpc) is 2.97. The van der Waals surface area contributed by atoms with Crippen molar-refractivity contribution in [3.05, 3.63) is 64.3 Å². The lowest BCUT2D eigenvalue weighted by atomic mass is 10.1. The van der Waals surface area contributed by atoms with Crippen molar-refractivity contribution in [3.8, 4) is 0 Å². The zero-order chi connectivity index (χ0) is 15.5. The number of methoxy groups -OCH3 is 1. The third kappa shape index (κ3) is 3.04. The van der Waals surface area contributed by atoms with Crippen molar-refractivity contribution in [2.45, 2.75) is 13.0 Å². The maximum atomic E-state index is 11.5. The van der Waals surface area contributed by atoms with Gasteiger partial charge in [0.05, 0.1) is 18.2 Å². The summed E-state index contributed by atoms with van der Waals surface area (Å²) in [4.78, 5) is 11.5. The van der Waals surface area contributed by atoms with Gasteiger partial charge in [-0.2, -0.15) is 5.10 Å². The Labute approximate surface area is 136 Å². The van der Waals surface area contributed by atoms with E-state index in [0.29, 0.717) is 5.56 Å². The number of nitrogens with zero attached hydrogens (tertiary/aromatic N) is 2. The molecule has 2 aromatic carbocycles. The number of aromatic nitrogens is 2. The zero-order valence-corrected chi connectivity index (χ0v) is 13.7. The molecule has 0 aliphatic carbocycles. The van der Waals surface area contributed by atoms with Crippen LogP contribution in [0.3, 0.4) is 0 Å². The highest BCUT2D eigenvalue weighted by molar-refractivity contribution is 9.10. The molecule has 5 heteroatoms. The van der Waals surface area contributed by atoms with Crippen molar-refractivity contribution in [1.82, 2.24) is 9.78 Å². The molecule has 0 radical (unpaired) electrons. The molecule has 0 amide bonds. The number of hydrogen-bond acceptors (Lipinski definition) is 3. The van der Waals surface area contributed by atoms with Crippen LogP contribution in [-0.2, 0) is 17.7 Å². The standard InChI is InChI=1S/C17H15BrN2O2/c1-22-17(21)13-5-2-4-12(10-13)8-9-20-11-14-15(18)6-3-7-16(14)19-20/h2-7,10-11H,8-9H2,1H3. The van der Waals surface area contributed by atoms with E-state index in [0.717, 1.165) is 33.9 Å². The van der Waals surface area contributed by atoms with Gasteiger partial charge in [0, 0.05) is 22.6 Å². The largest absolute Gasteiger partial charge is 0.465 e. The summed E-state index contributed by atoms with van der Waals surface area (Å²) in [5.41, 5.74) is 2.63. The Morgan fingerprint density at radius 1 is 1.27 bits per heavy atom. The lowest BCUT2D eigenvalue weighted by Crippen LogP contribution is -2.04. The van der Waals surface area contributed by atoms with Gasteiger partial charge >= 0.3 is 5.97 Å². The molecular formula is C17H15BrN2O2. The summed E-state index contributed by atoms with van der Waals surface area (Å²) in [6.45, 7) is 0.756. The van der Waals surface area contributed by atoms with Crippen LogP contribution in [0.2, 0.25) is 0 Å². The second-order valence-electron chi connectivity index (χ2n) is 5.01. The predicted octanol–water partition coefficient (Wildman–Crippen LogP) is 3.83. The molecule has 0 unspecified atom stereocenters. The molecule has 0 N–H and O–H groups in total. The van der Waals surface area contributed by atoms with Gasteiger partial charge in [0.15, 0.2) is 0 Å². The Morgan fingerprint density at radius 2 is 2.09 bits per heavy atom. The van der Waals surface area contributed by atoms with Crippen molar-refractivity contribution in [3.63, 3.8) is 0 Å². The third-order valence-corrected chi connectivity index (χ3v) is 4.21. The Kier molecular flexibility index (Phi) is 4.24. The minimum Gasteiger partial charge on any atom is -0.465 e. The van der Waals surface area contributed by atoms with E-state index < -0.39 is 0 Å². The van der Waals surface area contributed by atoms with Gasteiger partial charge in [-0.1, -0.05) is 34.1 Å². The van der Waals surface area contributed by atoms with Crippen LogP contribution < -0.4 is 0 Å². The number of halogens is 1. The first-order valence-corrected chi connectivity index (χ1v) is 7.75. The summed E-state index contributed by atoms with van der Waals surface area (Å²) in [6.07, 6.45) is 2.83. The molecule has 0 saturated heterocycles. The molecule has 22 heavy (non-hydrogen) atoms. The fraction of sp³-hybridized carbons (Fsp3) is 0.176. The molecule has 0 atom stereocenters. The molecule has 0 spiro atoms. The normalized spacial score (nSPS) is 10.8. The maximum Gasteiger partial charge on any atom is 0.337 e. The smallest absolute Gasteiger partial charge is 0.337 e. The highest BCUT2D eigenvalue weighted by Crippen LogP contribution is 2.22. The van der Waals surface area contributed by atoms with Gasteiger partial charge in [0.25, 0.3) is 0 Å². The van der Waals surface area contributed by atoms with E-state index in [2.05, 4.69) is 21.0 Å². The molecule has 3 rings (SSSR count). The number of benzene rings is 2. The van der Waals surface area contributed by atoms with Gasteiger partial charge in [-0.15, -0.1) is 0 Å². The second-order valence-corrected chi connectivity index (χ2v) is 5.86. The van der Waals surface area contributed by atoms with E-state index in [4.69, 9.17) is 4.74 Å². The van der Waals surface area contributed by atoms with Gasteiger partial charge in [0.2, 0.25) is 0 Å². The van der Waals surface area contributed by atoms with Crippen LogP contribution in [0.4, 0.5) is 0 Å². The van der Waals surface area contributed by atoms with Crippen LogP contribution >= 0.6 is 15.9 Å². The van der Waals surface area contributed by atoms with E-state index in [1.165, 1.54) is 7.11 Å². The van der Waals surface area contributed by atoms with E-state index >= 15 is 0 Å². The van der Waals surface area contributed by atoms with E-state index in [9.17, 15) is 4.79 Å². The SMILES string of the molecule is COC(=O)c1cccc(CCn2cc3c(Br)cccc3n2)c1. The molecule has 112 valence electrons. The minimum absolute atomic E-state index is 0.310. The van der Waals surface area contributed by atoms with Gasteiger partial charge < -0.3 is 4.74 Å². The Balaban J connectivity index is 1.76. The van der Waals surface area contributed by atoms with Crippen LogP contribution in [0.25, 0.3) is 10.9 Å². The highest BCUT2D eigenvalue weighted by Gasteiger charge is 2.07. The third-order valence-electron chi connectivity index (χ3n) is 3.52. The van der Waals surface area contributed by atoms with Crippen LogP contribution in [0, 0.1) is 0 Å². The van der Waals surface area contributed by atoms with E-state index in [-0.39, 0.29) is 5.97 Å². The first kappa shape index (κ1) is 14.8. The number of esters is 1. The minimum atomic E-state index is -0.310. The van der Waals surface area contributed by atoms with Crippen LogP contribution in [0.15, 0.2) is 53.1 Å². The first-order chi connectivity index (χ1) is 10.7. The number of carbonyl (C=O) groups excluding carboxylic acids is 1. The lowest BCUT2D eigenvalue weighted by Gasteiger charge is -2.04. The number of ether oxygens (including phenoxy) is 1. The van der Waals surface area contributed by atoms with Gasteiger partial charge in [-0.3, -0.25) is 4.68 Å². The topological polar surface area (TPSA) is 44.1 Å². The lowest BCUT2D eigenvalue weighted by molar-refractivity contribution is 0.0600. The molecule has 0 fully saturated rings. The van der Waals surface area contributed by atoms with Gasteiger partial charge in [-0.05, 0) is 36.2 Å². The fourth-order valence-electron chi connectivity index (χ4n) is 2.39. The fourth-order valence-corrected chi connectivity index (χ4v) is 2.84. The van der Waals surface area contributed by atoms with Gasteiger partial charge in [-0.25, -0.2) is 4.79 Å². The van der Waals surface area contributed by atoms with Crippen molar-refractivity contribution >= 4 is 32.8 Å². The number of rotatable bonds is 4. The summed E-state index contributed by atoms with van der Waals surface area (Å²) in [5, 5.41) is 5.66. The van der Waals surface area contributed by atoms with Crippen LogP contribution in [0.5, 0.6) is 0 Å². The summed E-state index contributed by atoms with van der Waals surface area (Å²) < 4.78 is 7.72. The van der Waals surface area contributed by atoms with Crippen molar-refractivity contribution in [1.29, 1.82) is 0 Å². The maximum absolute atomic E-state index is 11.5.